The van der Waals surface area contributed by atoms with Crippen LogP contribution in [-0.4, -0.2) is 9.78 Å². The van der Waals surface area contributed by atoms with E-state index in [1.807, 2.05) is 32.0 Å². The summed E-state index contributed by atoms with van der Waals surface area (Å²) in [6.07, 6.45) is 1.59. The zero-order chi connectivity index (χ0) is 11.7. The first-order chi connectivity index (χ1) is 7.63. The van der Waals surface area contributed by atoms with Gasteiger partial charge < -0.3 is 0 Å². The van der Waals surface area contributed by atoms with Crippen molar-refractivity contribution in [2.75, 3.05) is 0 Å². The summed E-state index contributed by atoms with van der Waals surface area (Å²) >= 11 is 3.46. The van der Waals surface area contributed by atoms with Gasteiger partial charge in [0.05, 0.1) is 23.1 Å². The second kappa shape index (κ2) is 4.11. The summed E-state index contributed by atoms with van der Waals surface area (Å²) in [5, 5.41) is 13.1. The van der Waals surface area contributed by atoms with Crippen molar-refractivity contribution in [3.8, 4) is 11.8 Å². The van der Waals surface area contributed by atoms with E-state index in [1.54, 1.807) is 10.9 Å². The molecule has 2 rings (SSSR count). The number of halogens is 1. The molecule has 4 heteroatoms. The molecule has 80 valence electrons. The van der Waals surface area contributed by atoms with Crippen LogP contribution in [0.2, 0.25) is 0 Å². The standard InChI is InChI=1S/C12H10BrN3/c1-8-5-11(3-4-12(8)13)16-9(2)10(6-14)7-15-16/h3-5,7H,1-2H3. The van der Waals surface area contributed by atoms with E-state index >= 15 is 0 Å². The number of aryl methyl sites for hydroxylation is 1. The highest BCUT2D eigenvalue weighted by molar-refractivity contribution is 9.10. The number of hydrogen-bond donors (Lipinski definition) is 0. The van der Waals surface area contributed by atoms with E-state index in [1.165, 1.54) is 0 Å². The van der Waals surface area contributed by atoms with Crippen LogP contribution in [0.5, 0.6) is 0 Å². The number of nitrogens with zero attached hydrogens (tertiary/aromatic N) is 3. The molecule has 0 saturated heterocycles. The van der Waals surface area contributed by atoms with Crippen molar-refractivity contribution in [3.63, 3.8) is 0 Å². The van der Waals surface area contributed by atoms with Gasteiger partial charge in [-0.15, -0.1) is 0 Å². The highest BCUT2D eigenvalue weighted by atomic mass is 79.9. The molecule has 1 aromatic carbocycles. The molecule has 0 fully saturated rings. The maximum atomic E-state index is 8.87. The van der Waals surface area contributed by atoms with Gasteiger partial charge in [-0.3, -0.25) is 0 Å². The fraction of sp³-hybridized carbons (Fsp3) is 0.167. The van der Waals surface area contributed by atoms with Gasteiger partial charge in [0.2, 0.25) is 0 Å². The maximum Gasteiger partial charge on any atom is 0.103 e. The van der Waals surface area contributed by atoms with Crippen LogP contribution in [0.1, 0.15) is 16.8 Å². The number of nitriles is 1. The number of benzene rings is 1. The lowest BCUT2D eigenvalue weighted by atomic mass is 10.2. The Morgan fingerprint density at radius 2 is 2.12 bits per heavy atom. The van der Waals surface area contributed by atoms with Gasteiger partial charge >= 0.3 is 0 Å². The second-order valence-corrected chi connectivity index (χ2v) is 4.46. The Morgan fingerprint density at radius 1 is 1.38 bits per heavy atom. The summed E-state index contributed by atoms with van der Waals surface area (Å²) in [5.74, 6) is 0. The summed E-state index contributed by atoms with van der Waals surface area (Å²) in [7, 11) is 0. The molecule has 0 radical (unpaired) electrons. The Bertz CT molecular complexity index is 578. The third-order valence-corrected chi connectivity index (χ3v) is 3.41. The Kier molecular flexibility index (Phi) is 2.80. The molecular formula is C12H10BrN3. The first-order valence-corrected chi connectivity index (χ1v) is 5.64. The summed E-state index contributed by atoms with van der Waals surface area (Å²) in [5.41, 5.74) is 3.59. The molecule has 0 spiro atoms. The number of rotatable bonds is 1. The topological polar surface area (TPSA) is 41.6 Å². The van der Waals surface area contributed by atoms with Gasteiger partial charge in [-0.05, 0) is 37.6 Å². The van der Waals surface area contributed by atoms with Gasteiger partial charge in [0.15, 0.2) is 0 Å². The molecular weight excluding hydrogens is 266 g/mol. The number of aromatic nitrogens is 2. The molecule has 0 unspecified atom stereocenters. The van der Waals surface area contributed by atoms with E-state index in [4.69, 9.17) is 5.26 Å². The first kappa shape index (κ1) is 10.9. The Hall–Kier alpha value is -1.60. The van der Waals surface area contributed by atoms with Gasteiger partial charge in [0.1, 0.15) is 6.07 Å². The lowest BCUT2D eigenvalue weighted by molar-refractivity contribution is 0.845. The maximum absolute atomic E-state index is 8.87. The van der Waals surface area contributed by atoms with Gasteiger partial charge in [0.25, 0.3) is 0 Å². The lowest BCUT2D eigenvalue weighted by Crippen LogP contribution is -1.99. The minimum absolute atomic E-state index is 0.612. The number of hydrogen-bond acceptors (Lipinski definition) is 2. The van der Waals surface area contributed by atoms with Gasteiger partial charge in [-0.1, -0.05) is 15.9 Å². The Morgan fingerprint density at radius 3 is 2.69 bits per heavy atom. The molecule has 3 nitrogen and oxygen atoms in total. The summed E-state index contributed by atoms with van der Waals surface area (Å²) in [4.78, 5) is 0. The summed E-state index contributed by atoms with van der Waals surface area (Å²) < 4.78 is 2.85. The van der Waals surface area contributed by atoms with Crippen LogP contribution in [0.15, 0.2) is 28.9 Å². The van der Waals surface area contributed by atoms with Crippen molar-refractivity contribution < 1.29 is 0 Å². The van der Waals surface area contributed by atoms with E-state index in [2.05, 4.69) is 27.1 Å². The zero-order valence-corrected chi connectivity index (χ0v) is 10.6. The molecule has 0 atom stereocenters. The fourth-order valence-electron chi connectivity index (χ4n) is 1.54. The summed E-state index contributed by atoms with van der Waals surface area (Å²) in [6, 6.07) is 8.11. The second-order valence-electron chi connectivity index (χ2n) is 3.60. The Balaban J connectivity index is 2.55. The molecule has 2 aromatic rings. The third-order valence-electron chi connectivity index (χ3n) is 2.52. The van der Waals surface area contributed by atoms with E-state index < -0.39 is 0 Å². The van der Waals surface area contributed by atoms with E-state index in [0.29, 0.717) is 5.56 Å². The van der Waals surface area contributed by atoms with Crippen molar-refractivity contribution in [2.24, 2.45) is 0 Å². The van der Waals surface area contributed by atoms with Crippen molar-refractivity contribution in [1.82, 2.24) is 9.78 Å². The van der Waals surface area contributed by atoms with E-state index in [-0.39, 0.29) is 0 Å². The lowest BCUT2D eigenvalue weighted by Gasteiger charge is -2.06. The van der Waals surface area contributed by atoms with Crippen molar-refractivity contribution in [1.29, 1.82) is 5.26 Å². The van der Waals surface area contributed by atoms with Crippen molar-refractivity contribution in [2.45, 2.75) is 13.8 Å². The molecule has 0 saturated carbocycles. The quantitative estimate of drug-likeness (QED) is 0.803. The fourth-order valence-corrected chi connectivity index (χ4v) is 1.79. The molecule has 0 aliphatic heterocycles. The molecule has 0 amide bonds. The molecule has 0 aliphatic rings. The first-order valence-electron chi connectivity index (χ1n) is 4.84. The average Bonchev–Trinajstić information content (AvgIpc) is 2.64. The van der Waals surface area contributed by atoms with E-state index in [9.17, 15) is 0 Å². The summed E-state index contributed by atoms with van der Waals surface area (Å²) in [6.45, 7) is 3.92. The average molecular weight is 276 g/mol. The van der Waals surface area contributed by atoms with Crippen molar-refractivity contribution >= 4 is 15.9 Å². The molecule has 0 N–H and O–H groups in total. The normalized spacial score (nSPS) is 10.1. The molecule has 0 bridgehead atoms. The van der Waals surface area contributed by atoms with Crippen LogP contribution in [0.25, 0.3) is 5.69 Å². The van der Waals surface area contributed by atoms with Crippen LogP contribution in [0.3, 0.4) is 0 Å². The predicted molar refractivity (Wildman–Crippen MR) is 65.5 cm³/mol. The van der Waals surface area contributed by atoms with Crippen LogP contribution in [-0.2, 0) is 0 Å². The zero-order valence-electron chi connectivity index (χ0n) is 9.03. The van der Waals surface area contributed by atoms with E-state index in [0.717, 1.165) is 21.4 Å². The van der Waals surface area contributed by atoms with Crippen LogP contribution in [0.4, 0.5) is 0 Å². The highest BCUT2D eigenvalue weighted by Gasteiger charge is 2.07. The van der Waals surface area contributed by atoms with Crippen LogP contribution < -0.4 is 0 Å². The van der Waals surface area contributed by atoms with Gasteiger partial charge in [-0.2, -0.15) is 10.4 Å². The van der Waals surface area contributed by atoms with Gasteiger partial charge in [0, 0.05) is 4.47 Å². The highest BCUT2D eigenvalue weighted by Crippen LogP contribution is 2.20. The minimum atomic E-state index is 0.612. The Labute approximate surface area is 102 Å². The van der Waals surface area contributed by atoms with Crippen molar-refractivity contribution in [3.05, 3.63) is 45.7 Å². The molecule has 1 heterocycles. The SMILES string of the molecule is Cc1cc(-n2ncc(C#N)c2C)ccc1Br. The predicted octanol–water partition coefficient (Wildman–Crippen LogP) is 3.12. The van der Waals surface area contributed by atoms with Crippen LogP contribution >= 0.6 is 15.9 Å². The molecule has 0 aliphatic carbocycles. The minimum Gasteiger partial charge on any atom is -0.237 e. The monoisotopic (exact) mass is 275 g/mol. The smallest absolute Gasteiger partial charge is 0.103 e. The van der Waals surface area contributed by atoms with Crippen LogP contribution in [0, 0.1) is 25.2 Å². The third kappa shape index (κ3) is 1.74. The van der Waals surface area contributed by atoms with Gasteiger partial charge in [-0.25, -0.2) is 4.68 Å². The largest absolute Gasteiger partial charge is 0.237 e. The molecule has 16 heavy (non-hydrogen) atoms. The molecule has 1 aromatic heterocycles.